The second-order valence-corrected chi connectivity index (χ2v) is 5.99. The molecule has 6 nitrogen and oxygen atoms in total. The molecule has 1 aliphatic rings. The van der Waals surface area contributed by atoms with E-state index in [9.17, 15) is 4.79 Å². The van der Waals surface area contributed by atoms with Crippen LogP contribution in [0.15, 0.2) is 22.7 Å². The number of aryl methyl sites for hydroxylation is 2. The van der Waals surface area contributed by atoms with Gasteiger partial charge in [-0.2, -0.15) is 4.98 Å². The van der Waals surface area contributed by atoms with Crippen molar-refractivity contribution in [3.63, 3.8) is 0 Å². The number of nitrogens with zero attached hydrogens (tertiary/aromatic N) is 3. The summed E-state index contributed by atoms with van der Waals surface area (Å²) < 4.78 is 10.9. The van der Waals surface area contributed by atoms with Gasteiger partial charge in [0.15, 0.2) is 12.4 Å². The topological polar surface area (TPSA) is 68.5 Å². The normalized spacial score (nSPS) is 17.5. The predicted octanol–water partition coefficient (Wildman–Crippen LogP) is 2.39. The van der Waals surface area contributed by atoms with Crippen molar-refractivity contribution in [2.75, 3.05) is 19.7 Å². The molecule has 0 aliphatic carbocycles. The first-order valence-corrected chi connectivity index (χ1v) is 7.81. The number of amides is 1. The second-order valence-electron chi connectivity index (χ2n) is 5.99. The highest BCUT2D eigenvalue weighted by molar-refractivity contribution is 5.78. The summed E-state index contributed by atoms with van der Waals surface area (Å²) in [6.07, 6.45) is 0.844. The van der Waals surface area contributed by atoms with Crippen molar-refractivity contribution in [1.29, 1.82) is 0 Å². The SMILES string of the molecule is Cc1noc([C@H]2CCN(C(=O)COc3cccc(C)c3C)C2)n1. The van der Waals surface area contributed by atoms with Gasteiger partial charge in [0.05, 0.1) is 5.92 Å². The van der Waals surface area contributed by atoms with E-state index in [0.717, 1.165) is 23.3 Å². The summed E-state index contributed by atoms with van der Waals surface area (Å²) in [6.45, 7) is 7.18. The van der Waals surface area contributed by atoms with E-state index >= 15 is 0 Å². The average Bonchev–Trinajstić information content (AvgIpc) is 3.17. The Balaban J connectivity index is 1.56. The highest BCUT2D eigenvalue weighted by Crippen LogP contribution is 2.26. The van der Waals surface area contributed by atoms with E-state index in [2.05, 4.69) is 10.1 Å². The summed E-state index contributed by atoms with van der Waals surface area (Å²) in [7, 11) is 0. The molecule has 1 amide bonds. The molecule has 23 heavy (non-hydrogen) atoms. The molecule has 3 rings (SSSR count). The minimum atomic E-state index is -0.00959. The van der Waals surface area contributed by atoms with Crippen LogP contribution in [0.2, 0.25) is 0 Å². The van der Waals surface area contributed by atoms with Crippen molar-refractivity contribution >= 4 is 5.91 Å². The number of carbonyl (C=O) groups is 1. The Morgan fingerprint density at radius 3 is 2.96 bits per heavy atom. The van der Waals surface area contributed by atoms with E-state index in [0.29, 0.717) is 24.8 Å². The highest BCUT2D eigenvalue weighted by atomic mass is 16.5. The summed E-state index contributed by atoms with van der Waals surface area (Å²) in [5, 5.41) is 3.81. The van der Waals surface area contributed by atoms with Gasteiger partial charge in [0.25, 0.3) is 5.91 Å². The Kier molecular flexibility index (Phi) is 4.32. The van der Waals surface area contributed by atoms with Crippen molar-refractivity contribution in [3.8, 4) is 5.75 Å². The molecule has 1 saturated heterocycles. The lowest BCUT2D eigenvalue weighted by Crippen LogP contribution is -2.33. The summed E-state index contributed by atoms with van der Waals surface area (Å²) >= 11 is 0. The van der Waals surface area contributed by atoms with Gasteiger partial charge >= 0.3 is 0 Å². The summed E-state index contributed by atoms with van der Waals surface area (Å²) in [5.74, 6) is 2.13. The summed E-state index contributed by atoms with van der Waals surface area (Å²) in [6, 6.07) is 5.86. The number of rotatable bonds is 4. The smallest absolute Gasteiger partial charge is 0.260 e. The second kappa shape index (κ2) is 6.40. The van der Waals surface area contributed by atoms with Crippen LogP contribution in [-0.4, -0.2) is 40.6 Å². The van der Waals surface area contributed by atoms with Crippen LogP contribution in [0.1, 0.15) is 35.2 Å². The van der Waals surface area contributed by atoms with E-state index < -0.39 is 0 Å². The number of ether oxygens (including phenoxy) is 1. The van der Waals surface area contributed by atoms with E-state index in [-0.39, 0.29) is 18.4 Å². The van der Waals surface area contributed by atoms with Crippen LogP contribution in [0.5, 0.6) is 5.75 Å². The summed E-state index contributed by atoms with van der Waals surface area (Å²) in [4.78, 5) is 18.4. The van der Waals surface area contributed by atoms with Gasteiger partial charge in [0.2, 0.25) is 5.89 Å². The first kappa shape index (κ1) is 15.5. The zero-order valence-corrected chi connectivity index (χ0v) is 13.7. The zero-order chi connectivity index (χ0) is 16.4. The van der Waals surface area contributed by atoms with E-state index in [1.807, 2.05) is 32.0 Å². The maximum Gasteiger partial charge on any atom is 0.260 e. The molecule has 1 atom stereocenters. The molecule has 0 bridgehead atoms. The molecule has 0 N–H and O–H groups in total. The zero-order valence-electron chi connectivity index (χ0n) is 13.7. The quantitative estimate of drug-likeness (QED) is 0.866. The van der Waals surface area contributed by atoms with Gasteiger partial charge in [0.1, 0.15) is 5.75 Å². The molecule has 1 aromatic carbocycles. The Hall–Kier alpha value is -2.37. The third-order valence-corrected chi connectivity index (χ3v) is 4.34. The van der Waals surface area contributed by atoms with Crippen LogP contribution in [0.25, 0.3) is 0 Å². The number of hydrogen-bond donors (Lipinski definition) is 0. The molecule has 2 heterocycles. The van der Waals surface area contributed by atoms with Gasteiger partial charge in [0, 0.05) is 13.1 Å². The van der Waals surface area contributed by atoms with Gasteiger partial charge in [-0.05, 0) is 44.4 Å². The van der Waals surface area contributed by atoms with Crippen LogP contribution in [-0.2, 0) is 4.79 Å². The van der Waals surface area contributed by atoms with Gasteiger partial charge in [-0.3, -0.25) is 4.79 Å². The Morgan fingerprint density at radius 2 is 2.22 bits per heavy atom. The fourth-order valence-corrected chi connectivity index (χ4v) is 2.78. The molecule has 1 aromatic heterocycles. The Labute approximate surface area is 135 Å². The third kappa shape index (κ3) is 3.36. The molecule has 0 spiro atoms. The van der Waals surface area contributed by atoms with E-state index in [1.165, 1.54) is 0 Å². The van der Waals surface area contributed by atoms with Crippen molar-refractivity contribution in [3.05, 3.63) is 41.0 Å². The molecule has 0 radical (unpaired) electrons. The monoisotopic (exact) mass is 315 g/mol. The number of hydrogen-bond acceptors (Lipinski definition) is 5. The van der Waals surface area contributed by atoms with Gasteiger partial charge < -0.3 is 14.2 Å². The van der Waals surface area contributed by atoms with Gasteiger partial charge in [-0.1, -0.05) is 17.3 Å². The van der Waals surface area contributed by atoms with Crippen molar-refractivity contribution in [2.24, 2.45) is 0 Å². The van der Waals surface area contributed by atoms with Gasteiger partial charge in [-0.25, -0.2) is 0 Å². The maximum atomic E-state index is 12.3. The fourth-order valence-electron chi connectivity index (χ4n) is 2.78. The van der Waals surface area contributed by atoms with E-state index in [4.69, 9.17) is 9.26 Å². The number of benzene rings is 1. The van der Waals surface area contributed by atoms with E-state index in [1.54, 1.807) is 11.8 Å². The summed E-state index contributed by atoms with van der Waals surface area (Å²) in [5.41, 5.74) is 2.23. The predicted molar refractivity (Wildman–Crippen MR) is 84.4 cm³/mol. The maximum absolute atomic E-state index is 12.3. The largest absolute Gasteiger partial charge is 0.483 e. The van der Waals surface area contributed by atoms with Crippen molar-refractivity contribution < 1.29 is 14.1 Å². The first-order valence-electron chi connectivity index (χ1n) is 7.81. The van der Waals surface area contributed by atoms with Crippen molar-refractivity contribution in [2.45, 2.75) is 33.1 Å². The fraction of sp³-hybridized carbons (Fsp3) is 0.471. The number of carbonyl (C=O) groups excluding carboxylic acids is 1. The Bertz CT molecular complexity index is 711. The molecule has 6 heteroatoms. The molecule has 1 aliphatic heterocycles. The molecule has 122 valence electrons. The molecular weight excluding hydrogens is 294 g/mol. The van der Waals surface area contributed by atoms with Crippen molar-refractivity contribution in [1.82, 2.24) is 15.0 Å². The van der Waals surface area contributed by atoms with Crippen LogP contribution in [0, 0.1) is 20.8 Å². The molecule has 0 unspecified atom stereocenters. The lowest BCUT2D eigenvalue weighted by Gasteiger charge is -2.17. The molecular formula is C17H21N3O3. The third-order valence-electron chi connectivity index (χ3n) is 4.34. The standard InChI is InChI=1S/C17H21N3O3/c1-11-5-4-6-15(12(11)2)22-10-16(21)20-8-7-14(9-20)17-18-13(3)19-23-17/h4-6,14H,7-10H2,1-3H3/t14-/m0/s1. The average molecular weight is 315 g/mol. The molecule has 2 aromatic rings. The molecule has 0 saturated carbocycles. The lowest BCUT2D eigenvalue weighted by molar-refractivity contribution is -0.132. The minimum absolute atomic E-state index is 0.00959. The van der Waals surface area contributed by atoms with Crippen LogP contribution >= 0.6 is 0 Å². The van der Waals surface area contributed by atoms with Crippen LogP contribution in [0.4, 0.5) is 0 Å². The minimum Gasteiger partial charge on any atom is -0.483 e. The Morgan fingerprint density at radius 1 is 1.39 bits per heavy atom. The first-order chi connectivity index (χ1) is 11.0. The van der Waals surface area contributed by atoms with Crippen LogP contribution in [0.3, 0.4) is 0 Å². The molecule has 1 fully saturated rings. The lowest BCUT2D eigenvalue weighted by atomic mass is 10.1. The van der Waals surface area contributed by atoms with Crippen LogP contribution < -0.4 is 4.74 Å². The number of likely N-dealkylation sites (tertiary alicyclic amines) is 1. The highest BCUT2D eigenvalue weighted by Gasteiger charge is 2.31. The number of aromatic nitrogens is 2. The van der Waals surface area contributed by atoms with Gasteiger partial charge in [-0.15, -0.1) is 0 Å².